The van der Waals surface area contributed by atoms with Gasteiger partial charge in [0.2, 0.25) is 0 Å². The maximum atomic E-state index is 11.0. The zero-order chi connectivity index (χ0) is 12.0. The van der Waals surface area contributed by atoms with Crippen molar-refractivity contribution in [1.29, 1.82) is 0 Å². The molecule has 1 aromatic rings. The first-order chi connectivity index (χ1) is 7.65. The average Bonchev–Trinajstić information content (AvgIpc) is 2.29. The molecule has 16 heavy (non-hydrogen) atoms. The van der Waals surface area contributed by atoms with Gasteiger partial charge in [-0.25, -0.2) is 4.98 Å². The maximum Gasteiger partial charge on any atom is 0.306 e. The highest BCUT2D eigenvalue weighted by atomic mass is 32.2. The number of rotatable bonds is 5. The van der Waals surface area contributed by atoms with Crippen molar-refractivity contribution in [2.45, 2.75) is 23.6 Å². The molecule has 0 radical (unpaired) electrons. The smallest absolute Gasteiger partial charge is 0.306 e. The number of nitrogens with zero attached hydrogens (tertiary/aromatic N) is 1. The van der Waals surface area contributed by atoms with E-state index >= 15 is 0 Å². The number of carbonyl (C=O) groups excluding carboxylic acids is 1. The molecule has 0 aliphatic heterocycles. The molecular formula is C11H15NO3S. The molecule has 0 fully saturated rings. The molecule has 0 bridgehead atoms. The summed E-state index contributed by atoms with van der Waals surface area (Å²) in [6.07, 6.45) is 2.04. The van der Waals surface area contributed by atoms with E-state index in [1.165, 1.54) is 18.9 Å². The van der Waals surface area contributed by atoms with E-state index in [2.05, 4.69) is 9.72 Å². The number of methoxy groups -OCH3 is 2. The fraction of sp³-hybridized carbons (Fsp3) is 0.455. The minimum atomic E-state index is -0.200. The number of esters is 1. The van der Waals surface area contributed by atoms with Crippen LogP contribution >= 0.6 is 11.8 Å². The van der Waals surface area contributed by atoms with E-state index in [4.69, 9.17) is 4.74 Å². The van der Waals surface area contributed by atoms with Crippen molar-refractivity contribution in [3.63, 3.8) is 0 Å². The van der Waals surface area contributed by atoms with Gasteiger partial charge in [0.25, 0.3) is 0 Å². The van der Waals surface area contributed by atoms with E-state index in [1.807, 2.05) is 19.1 Å². The van der Waals surface area contributed by atoms with Crippen molar-refractivity contribution in [1.82, 2.24) is 4.98 Å². The Morgan fingerprint density at radius 3 is 2.75 bits per heavy atom. The first-order valence-electron chi connectivity index (χ1n) is 4.89. The molecule has 0 aliphatic carbocycles. The SMILES string of the molecule is COC(=O)CC(C)Sc1ccc(OC)cn1. The Labute approximate surface area is 99.4 Å². The highest BCUT2D eigenvalue weighted by molar-refractivity contribution is 7.99. The number of carbonyl (C=O) groups is 1. The lowest BCUT2D eigenvalue weighted by molar-refractivity contribution is -0.140. The molecular weight excluding hydrogens is 226 g/mol. The molecule has 88 valence electrons. The van der Waals surface area contributed by atoms with Crippen molar-refractivity contribution in [3.8, 4) is 5.75 Å². The lowest BCUT2D eigenvalue weighted by Crippen LogP contribution is -2.08. The monoisotopic (exact) mass is 241 g/mol. The third kappa shape index (κ3) is 4.10. The summed E-state index contributed by atoms with van der Waals surface area (Å²) in [6.45, 7) is 1.97. The van der Waals surface area contributed by atoms with Gasteiger partial charge in [0.05, 0.1) is 31.9 Å². The van der Waals surface area contributed by atoms with E-state index in [1.54, 1.807) is 13.3 Å². The second kappa shape index (κ2) is 6.37. The maximum absolute atomic E-state index is 11.0. The number of thioether (sulfide) groups is 1. The zero-order valence-electron chi connectivity index (χ0n) is 9.60. The van der Waals surface area contributed by atoms with E-state index < -0.39 is 0 Å². The number of pyridine rings is 1. The van der Waals surface area contributed by atoms with Crippen molar-refractivity contribution in [2.24, 2.45) is 0 Å². The Balaban J connectivity index is 2.49. The van der Waals surface area contributed by atoms with E-state index in [0.29, 0.717) is 6.42 Å². The summed E-state index contributed by atoms with van der Waals surface area (Å²) in [5, 5.41) is 1.02. The van der Waals surface area contributed by atoms with Crippen LogP contribution in [-0.4, -0.2) is 30.4 Å². The lowest BCUT2D eigenvalue weighted by Gasteiger charge is -2.09. The summed E-state index contributed by atoms with van der Waals surface area (Å²) in [4.78, 5) is 15.2. The second-order valence-corrected chi connectivity index (χ2v) is 4.70. The van der Waals surface area contributed by atoms with Gasteiger partial charge >= 0.3 is 5.97 Å². The zero-order valence-corrected chi connectivity index (χ0v) is 10.4. The summed E-state index contributed by atoms with van der Waals surface area (Å²) in [5.74, 6) is 0.526. The number of aromatic nitrogens is 1. The summed E-state index contributed by atoms with van der Waals surface area (Å²) in [7, 11) is 3.00. The molecule has 0 saturated heterocycles. The molecule has 1 heterocycles. The van der Waals surface area contributed by atoms with Crippen LogP contribution < -0.4 is 4.74 Å². The summed E-state index contributed by atoms with van der Waals surface area (Å²) < 4.78 is 9.61. The Hall–Kier alpha value is -1.23. The molecule has 1 rings (SSSR count). The summed E-state index contributed by atoms with van der Waals surface area (Å²) >= 11 is 1.54. The molecule has 0 spiro atoms. The van der Waals surface area contributed by atoms with Gasteiger partial charge in [0.1, 0.15) is 5.75 Å². The predicted molar refractivity (Wildman–Crippen MR) is 62.7 cm³/mol. The number of hydrogen-bond donors (Lipinski definition) is 0. The van der Waals surface area contributed by atoms with Gasteiger partial charge in [-0.3, -0.25) is 4.79 Å². The Kier molecular flexibility index (Phi) is 5.11. The normalized spacial score (nSPS) is 11.9. The van der Waals surface area contributed by atoms with Crippen LogP contribution in [0.4, 0.5) is 0 Å². The molecule has 1 unspecified atom stereocenters. The van der Waals surface area contributed by atoms with Gasteiger partial charge in [0, 0.05) is 5.25 Å². The second-order valence-electron chi connectivity index (χ2n) is 3.24. The molecule has 0 amide bonds. The molecule has 0 N–H and O–H groups in total. The molecule has 5 heteroatoms. The Bertz CT molecular complexity index is 340. The highest BCUT2D eigenvalue weighted by Crippen LogP contribution is 2.24. The van der Waals surface area contributed by atoms with Gasteiger partial charge in [0.15, 0.2) is 0 Å². The first kappa shape index (κ1) is 12.8. The van der Waals surface area contributed by atoms with Crippen LogP contribution in [0, 0.1) is 0 Å². The highest BCUT2D eigenvalue weighted by Gasteiger charge is 2.11. The Morgan fingerprint density at radius 1 is 1.50 bits per heavy atom. The standard InChI is InChI=1S/C11H15NO3S/c1-8(6-11(13)15-3)16-10-5-4-9(14-2)7-12-10/h4-5,7-8H,6H2,1-3H3. The van der Waals surface area contributed by atoms with Gasteiger partial charge in [-0.05, 0) is 12.1 Å². The van der Waals surface area contributed by atoms with Crippen LogP contribution in [0.1, 0.15) is 13.3 Å². The van der Waals surface area contributed by atoms with Crippen LogP contribution in [0.15, 0.2) is 23.4 Å². The van der Waals surface area contributed by atoms with Gasteiger partial charge in [-0.1, -0.05) is 6.92 Å². The van der Waals surface area contributed by atoms with Gasteiger partial charge in [-0.15, -0.1) is 11.8 Å². The summed E-state index contributed by atoms with van der Waals surface area (Å²) in [5.41, 5.74) is 0. The molecule has 4 nitrogen and oxygen atoms in total. The van der Waals surface area contributed by atoms with Crippen LogP contribution in [-0.2, 0) is 9.53 Å². The van der Waals surface area contributed by atoms with Crippen molar-refractivity contribution < 1.29 is 14.3 Å². The van der Waals surface area contributed by atoms with Crippen molar-refractivity contribution in [2.75, 3.05) is 14.2 Å². The van der Waals surface area contributed by atoms with Gasteiger partial charge in [-0.2, -0.15) is 0 Å². The van der Waals surface area contributed by atoms with Crippen LogP contribution in [0.2, 0.25) is 0 Å². The average molecular weight is 241 g/mol. The van der Waals surface area contributed by atoms with Crippen molar-refractivity contribution >= 4 is 17.7 Å². The molecule has 1 aromatic heterocycles. The fourth-order valence-corrected chi connectivity index (χ4v) is 2.01. The van der Waals surface area contributed by atoms with E-state index in [-0.39, 0.29) is 11.2 Å². The Morgan fingerprint density at radius 2 is 2.25 bits per heavy atom. The molecule has 0 aromatic carbocycles. The molecule has 0 aliphatic rings. The van der Waals surface area contributed by atoms with Crippen molar-refractivity contribution in [3.05, 3.63) is 18.3 Å². The van der Waals surface area contributed by atoms with E-state index in [0.717, 1.165) is 10.8 Å². The molecule has 0 saturated carbocycles. The largest absolute Gasteiger partial charge is 0.495 e. The molecule has 1 atom stereocenters. The third-order valence-electron chi connectivity index (χ3n) is 1.95. The summed E-state index contributed by atoms with van der Waals surface area (Å²) in [6, 6.07) is 3.72. The quantitative estimate of drug-likeness (QED) is 0.584. The predicted octanol–water partition coefficient (Wildman–Crippen LogP) is 2.13. The number of ether oxygens (including phenoxy) is 2. The van der Waals surface area contributed by atoms with Crippen LogP contribution in [0.5, 0.6) is 5.75 Å². The lowest BCUT2D eigenvalue weighted by atomic mass is 10.3. The minimum Gasteiger partial charge on any atom is -0.495 e. The van der Waals surface area contributed by atoms with Crippen LogP contribution in [0.3, 0.4) is 0 Å². The fourth-order valence-electron chi connectivity index (χ4n) is 1.12. The third-order valence-corrected chi connectivity index (χ3v) is 3.00. The number of hydrogen-bond acceptors (Lipinski definition) is 5. The minimum absolute atomic E-state index is 0.147. The van der Waals surface area contributed by atoms with Crippen LogP contribution in [0.25, 0.3) is 0 Å². The first-order valence-corrected chi connectivity index (χ1v) is 5.77. The van der Waals surface area contributed by atoms with Gasteiger partial charge < -0.3 is 9.47 Å². The van der Waals surface area contributed by atoms with E-state index in [9.17, 15) is 4.79 Å². The topological polar surface area (TPSA) is 48.4 Å².